The minimum atomic E-state index is -0.436. The topological polar surface area (TPSA) is 47.0 Å². The highest BCUT2D eigenvalue weighted by atomic mass is 79.9. The number of ether oxygens (including phenoxy) is 1. The van der Waals surface area contributed by atoms with Gasteiger partial charge in [-0.15, -0.1) is 0 Å². The molecule has 1 unspecified atom stereocenters. The van der Waals surface area contributed by atoms with E-state index in [2.05, 4.69) is 45.1 Å². The molecule has 1 aromatic heterocycles. The van der Waals surface area contributed by atoms with Crippen LogP contribution in [-0.2, 0) is 16.8 Å². The van der Waals surface area contributed by atoms with Crippen LogP contribution in [0.5, 0.6) is 0 Å². The maximum absolute atomic E-state index is 5.58. The molecule has 18 heavy (non-hydrogen) atoms. The summed E-state index contributed by atoms with van der Waals surface area (Å²) in [5.41, 5.74) is 0.595. The Morgan fingerprint density at radius 3 is 2.44 bits per heavy atom. The molecule has 0 aliphatic heterocycles. The van der Waals surface area contributed by atoms with Crippen molar-refractivity contribution in [2.24, 2.45) is 0 Å². The lowest BCUT2D eigenvalue weighted by Crippen LogP contribution is -2.27. The van der Waals surface area contributed by atoms with Gasteiger partial charge >= 0.3 is 0 Å². The third-order valence-electron chi connectivity index (χ3n) is 3.24. The second kappa shape index (κ2) is 6.48. The number of anilines is 1. The summed E-state index contributed by atoms with van der Waals surface area (Å²) in [4.78, 5) is 9.21. The van der Waals surface area contributed by atoms with Gasteiger partial charge in [0.05, 0.1) is 10.2 Å². The largest absolute Gasteiger partial charge is 0.372 e. The van der Waals surface area contributed by atoms with E-state index in [4.69, 9.17) is 4.74 Å². The zero-order valence-electron chi connectivity index (χ0n) is 11.8. The van der Waals surface area contributed by atoms with Gasteiger partial charge in [-0.1, -0.05) is 20.3 Å². The molecule has 0 aromatic carbocycles. The van der Waals surface area contributed by atoms with Gasteiger partial charge in [0.15, 0.2) is 5.82 Å². The predicted octanol–water partition coefficient (Wildman–Crippen LogP) is 3.50. The second-order valence-electron chi connectivity index (χ2n) is 4.45. The predicted molar refractivity (Wildman–Crippen MR) is 77.9 cm³/mol. The summed E-state index contributed by atoms with van der Waals surface area (Å²) in [7, 11) is 3.57. The Labute approximate surface area is 118 Å². The molecule has 0 bridgehead atoms. The van der Waals surface area contributed by atoms with E-state index < -0.39 is 5.60 Å². The summed E-state index contributed by atoms with van der Waals surface area (Å²) in [6.45, 7) is 6.24. The van der Waals surface area contributed by atoms with Crippen LogP contribution in [0.1, 0.15) is 45.1 Å². The lowest BCUT2D eigenvalue weighted by atomic mass is 10.0. The molecular formula is C13H22BrN3O. The number of hydrogen-bond donors (Lipinski definition) is 1. The Hall–Kier alpha value is -0.680. The van der Waals surface area contributed by atoms with Gasteiger partial charge in [0.25, 0.3) is 0 Å². The summed E-state index contributed by atoms with van der Waals surface area (Å²) in [5.74, 6) is 1.56. The Kier molecular flexibility index (Phi) is 5.53. The maximum atomic E-state index is 5.58. The Morgan fingerprint density at radius 1 is 1.33 bits per heavy atom. The molecule has 4 nitrogen and oxygen atoms in total. The fourth-order valence-corrected chi connectivity index (χ4v) is 2.27. The molecule has 0 saturated carbocycles. The van der Waals surface area contributed by atoms with Crippen LogP contribution in [0.3, 0.4) is 0 Å². The third kappa shape index (κ3) is 3.01. The molecule has 5 heteroatoms. The maximum Gasteiger partial charge on any atom is 0.162 e. The SMILES string of the molecule is CCCc1nc(C(C)(CC)OC)nc(NC)c1Br. The molecule has 0 fully saturated rings. The zero-order chi connectivity index (χ0) is 13.8. The normalized spacial score (nSPS) is 14.3. The van der Waals surface area contributed by atoms with Gasteiger partial charge in [-0.2, -0.15) is 0 Å². The standard InChI is InChI=1S/C13H22BrN3O/c1-6-8-9-10(14)11(15-4)17-12(16-9)13(3,7-2)18-5/h6-8H2,1-5H3,(H,15,16,17). The van der Waals surface area contributed by atoms with Gasteiger partial charge < -0.3 is 10.1 Å². The highest BCUT2D eigenvalue weighted by molar-refractivity contribution is 9.10. The molecule has 0 amide bonds. The average Bonchev–Trinajstić information content (AvgIpc) is 2.40. The van der Waals surface area contributed by atoms with Crippen LogP contribution >= 0.6 is 15.9 Å². The molecular weight excluding hydrogens is 294 g/mol. The molecule has 1 atom stereocenters. The monoisotopic (exact) mass is 315 g/mol. The number of nitrogens with zero attached hydrogens (tertiary/aromatic N) is 2. The molecule has 1 heterocycles. The van der Waals surface area contributed by atoms with Crippen molar-refractivity contribution in [2.75, 3.05) is 19.5 Å². The van der Waals surface area contributed by atoms with E-state index in [-0.39, 0.29) is 0 Å². The Morgan fingerprint density at radius 2 is 2.00 bits per heavy atom. The highest BCUT2D eigenvalue weighted by Gasteiger charge is 2.29. The van der Waals surface area contributed by atoms with E-state index in [0.717, 1.165) is 41.1 Å². The van der Waals surface area contributed by atoms with Crippen LogP contribution in [0.25, 0.3) is 0 Å². The molecule has 1 N–H and O–H groups in total. The molecule has 1 rings (SSSR count). The molecule has 1 aromatic rings. The van der Waals surface area contributed by atoms with Crippen LogP contribution in [0, 0.1) is 0 Å². The van der Waals surface area contributed by atoms with E-state index in [1.165, 1.54) is 0 Å². The first-order valence-electron chi connectivity index (χ1n) is 6.32. The first kappa shape index (κ1) is 15.4. The van der Waals surface area contributed by atoms with Gasteiger partial charge in [-0.05, 0) is 35.7 Å². The van der Waals surface area contributed by atoms with Crippen LogP contribution in [0.15, 0.2) is 4.47 Å². The van der Waals surface area contributed by atoms with Crippen LogP contribution < -0.4 is 5.32 Å². The number of nitrogens with one attached hydrogen (secondary N) is 1. The third-order valence-corrected chi connectivity index (χ3v) is 4.07. The van der Waals surface area contributed by atoms with Gasteiger partial charge in [0, 0.05) is 14.2 Å². The summed E-state index contributed by atoms with van der Waals surface area (Å²) in [6, 6.07) is 0. The molecule has 0 radical (unpaired) electrons. The summed E-state index contributed by atoms with van der Waals surface area (Å²) >= 11 is 3.56. The van der Waals surface area contributed by atoms with E-state index in [9.17, 15) is 0 Å². The number of aromatic nitrogens is 2. The van der Waals surface area contributed by atoms with Crippen LogP contribution in [0.4, 0.5) is 5.82 Å². The van der Waals surface area contributed by atoms with Crippen molar-refractivity contribution >= 4 is 21.7 Å². The quantitative estimate of drug-likeness (QED) is 0.872. The zero-order valence-corrected chi connectivity index (χ0v) is 13.4. The van der Waals surface area contributed by atoms with Crippen molar-refractivity contribution < 1.29 is 4.74 Å². The number of rotatable bonds is 6. The van der Waals surface area contributed by atoms with Crippen molar-refractivity contribution in [1.29, 1.82) is 0 Å². The minimum absolute atomic E-state index is 0.436. The highest BCUT2D eigenvalue weighted by Crippen LogP contribution is 2.31. The van der Waals surface area contributed by atoms with Gasteiger partial charge in [-0.3, -0.25) is 0 Å². The van der Waals surface area contributed by atoms with Crippen molar-refractivity contribution in [3.63, 3.8) is 0 Å². The molecule has 0 aliphatic rings. The fourth-order valence-electron chi connectivity index (χ4n) is 1.69. The molecule has 102 valence electrons. The molecule has 0 saturated heterocycles. The van der Waals surface area contributed by atoms with E-state index in [1.807, 2.05) is 14.0 Å². The lowest BCUT2D eigenvalue weighted by Gasteiger charge is -2.26. The first-order chi connectivity index (χ1) is 8.52. The molecule has 0 aliphatic carbocycles. The van der Waals surface area contributed by atoms with Crippen LogP contribution in [0.2, 0.25) is 0 Å². The van der Waals surface area contributed by atoms with E-state index >= 15 is 0 Å². The van der Waals surface area contributed by atoms with Gasteiger partial charge in [-0.25, -0.2) is 9.97 Å². The Bertz CT molecular complexity index is 405. The summed E-state index contributed by atoms with van der Waals surface area (Å²) < 4.78 is 6.53. The number of halogens is 1. The Balaban J connectivity index is 3.33. The van der Waals surface area contributed by atoms with Crippen molar-refractivity contribution in [3.8, 4) is 0 Å². The summed E-state index contributed by atoms with van der Waals surface area (Å²) in [5, 5.41) is 3.10. The van der Waals surface area contributed by atoms with Crippen molar-refractivity contribution in [2.45, 2.75) is 45.6 Å². The second-order valence-corrected chi connectivity index (χ2v) is 5.24. The number of hydrogen-bond acceptors (Lipinski definition) is 4. The van der Waals surface area contributed by atoms with Crippen molar-refractivity contribution in [3.05, 3.63) is 16.0 Å². The van der Waals surface area contributed by atoms with Gasteiger partial charge in [0.1, 0.15) is 11.4 Å². The number of methoxy groups -OCH3 is 1. The van der Waals surface area contributed by atoms with E-state index in [0.29, 0.717) is 0 Å². The lowest BCUT2D eigenvalue weighted by molar-refractivity contribution is -0.00906. The smallest absolute Gasteiger partial charge is 0.162 e. The minimum Gasteiger partial charge on any atom is -0.372 e. The number of aryl methyl sites for hydroxylation is 1. The average molecular weight is 316 g/mol. The molecule has 0 spiro atoms. The van der Waals surface area contributed by atoms with Crippen molar-refractivity contribution in [1.82, 2.24) is 9.97 Å². The first-order valence-corrected chi connectivity index (χ1v) is 7.11. The van der Waals surface area contributed by atoms with E-state index in [1.54, 1.807) is 7.11 Å². The van der Waals surface area contributed by atoms with Crippen LogP contribution in [-0.4, -0.2) is 24.1 Å². The van der Waals surface area contributed by atoms with Gasteiger partial charge in [0.2, 0.25) is 0 Å². The fraction of sp³-hybridized carbons (Fsp3) is 0.692. The summed E-state index contributed by atoms with van der Waals surface area (Å²) in [6.07, 6.45) is 2.81.